The lowest BCUT2D eigenvalue weighted by atomic mass is 9.83. The first-order valence-electron chi connectivity index (χ1n) is 4.44. The van der Waals surface area contributed by atoms with Gasteiger partial charge in [0.05, 0.1) is 19.1 Å². The van der Waals surface area contributed by atoms with Crippen molar-refractivity contribution >= 4 is 5.97 Å². The van der Waals surface area contributed by atoms with Gasteiger partial charge in [-0.2, -0.15) is 0 Å². The van der Waals surface area contributed by atoms with E-state index < -0.39 is 11.5 Å². The highest BCUT2D eigenvalue weighted by Gasteiger charge is 2.47. The summed E-state index contributed by atoms with van der Waals surface area (Å²) in [4.78, 5) is 11.2. The van der Waals surface area contributed by atoms with Crippen LogP contribution in [0.25, 0.3) is 0 Å². The molecule has 13 heavy (non-hydrogen) atoms. The Kier molecular flexibility index (Phi) is 2.93. The summed E-state index contributed by atoms with van der Waals surface area (Å²) in [6.07, 6.45) is 0.186. The molecule has 4 heteroatoms. The van der Waals surface area contributed by atoms with Crippen molar-refractivity contribution < 1.29 is 19.4 Å². The van der Waals surface area contributed by atoms with Crippen LogP contribution in [0.3, 0.4) is 0 Å². The second-order valence-corrected chi connectivity index (χ2v) is 3.50. The van der Waals surface area contributed by atoms with Gasteiger partial charge in [-0.3, -0.25) is 4.79 Å². The molecule has 0 spiro atoms. The smallest absolute Gasteiger partial charge is 0.311 e. The number of rotatable bonds is 2. The molecule has 1 aliphatic rings. The maximum atomic E-state index is 11.2. The predicted octanol–water partition coefficient (Wildman–Crippen LogP) is 0.335. The van der Waals surface area contributed by atoms with Crippen LogP contribution in [0.2, 0.25) is 0 Å². The van der Waals surface area contributed by atoms with Crippen LogP contribution in [0.5, 0.6) is 0 Å². The van der Waals surface area contributed by atoms with Gasteiger partial charge in [0.15, 0.2) is 0 Å². The van der Waals surface area contributed by atoms with E-state index in [4.69, 9.17) is 4.74 Å². The molecule has 1 aliphatic heterocycles. The Bertz CT molecular complexity index is 204. The lowest BCUT2D eigenvalue weighted by Gasteiger charge is -2.30. The molecule has 1 N–H and O–H groups in total. The monoisotopic (exact) mass is 188 g/mol. The van der Waals surface area contributed by atoms with Gasteiger partial charge in [0.2, 0.25) is 0 Å². The molecule has 0 aromatic heterocycles. The van der Waals surface area contributed by atoms with Gasteiger partial charge in [-0.15, -0.1) is 0 Å². The van der Waals surface area contributed by atoms with Crippen molar-refractivity contribution in [3.05, 3.63) is 0 Å². The fourth-order valence-corrected chi connectivity index (χ4v) is 1.70. The van der Waals surface area contributed by atoms with Crippen LogP contribution in [-0.4, -0.2) is 36.5 Å². The van der Waals surface area contributed by atoms with Gasteiger partial charge >= 0.3 is 5.97 Å². The molecule has 0 aliphatic carbocycles. The van der Waals surface area contributed by atoms with Crippen LogP contribution in [-0.2, 0) is 14.3 Å². The van der Waals surface area contributed by atoms with Crippen molar-refractivity contribution in [1.82, 2.24) is 0 Å². The van der Waals surface area contributed by atoms with Gasteiger partial charge in [0.25, 0.3) is 0 Å². The van der Waals surface area contributed by atoms with E-state index in [9.17, 15) is 9.90 Å². The van der Waals surface area contributed by atoms with Crippen molar-refractivity contribution in [3.8, 4) is 0 Å². The highest BCUT2D eigenvalue weighted by atomic mass is 16.5. The number of aliphatic hydroxyl groups is 1. The molecule has 0 bridgehead atoms. The Morgan fingerprint density at radius 1 is 1.77 bits per heavy atom. The molecule has 1 rings (SSSR count). The fourth-order valence-electron chi connectivity index (χ4n) is 1.70. The number of methoxy groups -OCH3 is 1. The van der Waals surface area contributed by atoms with E-state index in [2.05, 4.69) is 4.74 Å². The zero-order valence-electron chi connectivity index (χ0n) is 8.24. The maximum absolute atomic E-state index is 11.2. The second-order valence-electron chi connectivity index (χ2n) is 3.50. The van der Waals surface area contributed by atoms with Gasteiger partial charge in [-0.05, 0) is 13.8 Å². The van der Waals surface area contributed by atoms with Crippen LogP contribution >= 0.6 is 0 Å². The highest BCUT2D eigenvalue weighted by molar-refractivity contribution is 5.73. The molecule has 0 aromatic rings. The maximum Gasteiger partial charge on any atom is 0.311 e. The lowest BCUT2D eigenvalue weighted by molar-refractivity contribution is -0.158. The summed E-state index contributed by atoms with van der Waals surface area (Å²) in [6, 6.07) is 0. The highest BCUT2D eigenvalue weighted by Crippen LogP contribution is 2.33. The van der Waals surface area contributed by atoms with Crippen molar-refractivity contribution in [3.63, 3.8) is 0 Å². The Morgan fingerprint density at radius 3 is 2.77 bits per heavy atom. The average molecular weight is 188 g/mol. The number of esters is 1. The molecular weight excluding hydrogens is 172 g/mol. The molecule has 3 atom stereocenters. The third-order valence-corrected chi connectivity index (χ3v) is 2.88. The molecule has 4 nitrogen and oxygen atoms in total. The van der Waals surface area contributed by atoms with E-state index in [0.717, 1.165) is 0 Å². The largest absolute Gasteiger partial charge is 0.469 e. The van der Waals surface area contributed by atoms with E-state index in [1.807, 2.05) is 0 Å². The Labute approximate surface area is 77.8 Å². The molecule has 0 aromatic carbocycles. The van der Waals surface area contributed by atoms with Crippen molar-refractivity contribution in [2.45, 2.75) is 32.0 Å². The average Bonchev–Trinajstić information content (AvgIpc) is 2.46. The standard InChI is InChI=1S/C9H16O4/c1-6(8(10)12-3)9(11)4-5-13-7(9)2/h6-7,11H,4-5H2,1-3H3. The Morgan fingerprint density at radius 2 is 2.38 bits per heavy atom. The van der Waals surface area contributed by atoms with Crippen LogP contribution in [0.1, 0.15) is 20.3 Å². The van der Waals surface area contributed by atoms with Crippen molar-refractivity contribution in [2.24, 2.45) is 5.92 Å². The van der Waals surface area contributed by atoms with E-state index in [1.165, 1.54) is 7.11 Å². The zero-order chi connectivity index (χ0) is 10.1. The molecule has 1 fully saturated rings. The first kappa shape index (κ1) is 10.5. The molecular formula is C9H16O4. The fraction of sp³-hybridized carbons (Fsp3) is 0.889. The van der Waals surface area contributed by atoms with Crippen LogP contribution in [0.15, 0.2) is 0 Å². The quantitative estimate of drug-likeness (QED) is 0.635. The van der Waals surface area contributed by atoms with Gasteiger partial charge < -0.3 is 14.6 Å². The van der Waals surface area contributed by atoms with Crippen LogP contribution in [0, 0.1) is 5.92 Å². The molecule has 0 saturated carbocycles. The van der Waals surface area contributed by atoms with E-state index in [0.29, 0.717) is 13.0 Å². The van der Waals surface area contributed by atoms with Crippen LogP contribution in [0.4, 0.5) is 0 Å². The number of ether oxygens (including phenoxy) is 2. The van der Waals surface area contributed by atoms with E-state index in [-0.39, 0.29) is 12.1 Å². The Balaban J connectivity index is 2.73. The summed E-state index contributed by atoms with van der Waals surface area (Å²) in [7, 11) is 1.32. The number of carbonyl (C=O) groups excluding carboxylic acids is 1. The summed E-state index contributed by atoms with van der Waals surface area (Å²) < 4.78 is 9.81. The number of hydrogen-bond acceptors (Lipinski definition) is 4. The minimum Gasteiger partial charge on any atom is -0.469 e. The summed E-state index contributed by atoms with van der Waals surface area (Å²) in [6.45, 7) is 3.93. The summed E-state index contributed by atoms with van der Waals surface area (Å²) in [5, 5.41) is 10.1. The SMILES string of the molecule is COC(=O)C(C)C1(O)CCOC1C. The molecule has 0 radical (unpaired) electrons. The normalized spacial score (nSPS) is 35.8. The Hall–Kier alpha value is -0.610. The zero-order valence-corrected chi connectivity index (χ0v) is 8.24. The van der Waals surface area contributed by atoms with Crippen LogP contribution < -0.4 is 0 Å². The predicted molar refractivity (Wildman–Crippen MR) is 46.2 cm³/mol. The number of hydrogen-bond donors (Lipinski definition) is 1. The minimum atomic E-state index is -1.06. The molecule has 0 amide bonds. The van der Waals surface area contributed by atoms with Crippen molar-refractivity contribution in [1.29, 1.82) is 0 Å². The molecule has 1 saturated heterocycles. The van der Waals surface area contributed by atoms with E-state index in [1.54, 1.807) is 13.8 Å². The second kappa shape index (κ2) is 3.64. The third-order valence-electron chi connectivity index (χ3n) is 2.88. The summed E-state index contributed by atoms with van der Waals surface area (Å²) >= 11 is 0. The van der Waals surface area contributed by atoms with Gasteiger partial charge in [0, 0.05) is 13.0 Å². The van der Waals surface area contributed by atoms with Crippen molar-refractivity contribution in [2.75, 3.05) is 13.7 Å². The van der Waals surface area contributed by atoms with Gasteiger partial charge in [-0.1, -0.05) is 0 Å². The first-order valence-corrected chi connectivity index (χ1v) is 4.44. The molecule has 3 unspecified atom stereocenters. The molecule has 76 valence electrons. The van der Waals surface area contributed by atoms with E-state index >= 15 is 0 Å². The number of carbonyl (C=O) groups is 1. The summed E-state index contributed by atoms with van der Waals surface area (Å²) in [5.41, 5.74) is -1.06. The minimum absolute atomic E-state index is 0.304. The van der Waals surface area contributed by atoms with Gasteiger partial charge in [0.1, 0.15) is 5.60 Å². The third kappa shape index (κ3) is 1.69. The first-order chi connectivity index (χ1) is 6.02. The van der Waals surface area contributed by atoms with Gasteiger partial charge in [-0.25, -0.2) is 0 Å². The lowest BCUT2D eigenvalue weighted by Crippen LogP contribution is -2.46. The topological polar surface area (TPSA) is 55.8 Å². The molecule has 1 heterocycles. The summed E-state index contributed by atoms with van der Waals surface area (Å²) in [5.74, 6) is -0.921.